The number of alkyl halides is 3. The molecule has 0 aromatic heterocycles. The van der Waals surface area contributed by atoms with Crippen molar-refractivity contribution in [2.24, 2.45) is 21.5 Å². The number of benzene rings is 2. The van der Waals surface area contributed by atoms with E-state index in [1.807, 2.05) is 0 Å². The number of nitrogens with one attached hydrogen (secondary N) is 1. The molecule has 2 aromatic rings. The molecule has 0 heterocycles. The molecular formula is C16H14F4N6. The highest BCUT2D eigenvalue weighted by Gasteiger charge is 2.33. The number of rotatable bonds is 2. The Labute approximate surface area is 145 Å². The third kappa shape index (κ3) is 4.35. The van der Waals surface area contributed by atoms with Gasteiger partial charge in [0.15, 0.2) is 5.84 Å². The molecule has 0 amide bonds. The van der Waals surface area contributed by atoms with E-state index < -0.39 is 35.2 Å². The molecule has 0 saturated carbocycles. The van der Waals surface area contributed by atoms with Crippen LogP contribution < -0.4 is 17.2 Å². The van der Waals surface area contributed by atoms with Gasteiger partial charge < -0.3 is 17.2 Å². The molecule has 136 valence electrons. The third-order valence-corrected chi connectivity index (χ3v) is 3.24. The SMILES string of the molecule is N=C(N=C(N)N=C(N)c1ccccc1C(F)(F)F)c1cc(F)ccc1N. The van der Waals surface area contributed by atoms with Crippen molar-refractivity contribution in [1.82, 2.24) is 0 Å². The molecule has 0 aliphatic carbocycles. The number of guanidine groups is 1. The van der Waals surface area contributed by atoms with E-state index in [1.165, 1.54) is 18.2 Å². The summed E-state index contributed by atoms with van der Waals surface area (Å²) in [7, 11) is 0. The van der Waals surface area contributed by atoms with Gasteiger partial charge in [-0.25, -0.2) is 4.39 Å². The highest BCUT2D eigenvalue weighted by molar-refractivity contribution is 6.11. The lowest BCUT2D eigenvalue weighted by molar-refractivity contribution is -0.137. The molecule has 0 saturated heterocycles. The van der Waals surface area contributed by atoms with Gasteiger partial charge in [-0.15, -0.1) is 0 Å². The Morgan fingerprint density at radius 1 is 0.962 bits per heavy atom. The number of hydrogen-bond acceptors (Lipinski definition) is 2. The summed E-state index contributed by atoms with van der Waals surface area (Å²) >= 11 is 0. The fourth-order valence-electron chi connectivity index (χ4n) is 2.07. The van der Waals surface area contributed by atoms with Crippen molar-refractivity contribution in [3.63, 3.8) is 0 Å². The van der Waals surface area contributed by atoms with E-state index in [0.717, 1.165) is 24.3 Å². The average molecular weight is 366 g/mol. The van der Waals surface area contributed by atoms with Crippen LogP contribution in [0.5, 0.6) is 0 Å². The van der Waals surface area contributed by atoms with Gasteiger partial charge in [0.2, 0.25) is 5.96 Å². The van der Waals surface area contributed by atoms with Crippen molar-refractivity contribution in [3.8, 4) is 0 Å². The van der Waals surface area contributed by atoms with E-state index >= 15 is 0 Å². The van der Waals surface area contributed by atoms with Gasteiger partial charge in [-0.2, -0.15) is 23.2 Å². The van der Waals surface area contributed by atoms with Crippen LogP contribution in [0.2, 0.25) is 0 Å². The number of nitrogens with zero attached hydrogens (tertiary/aromatic N) is 2. The molecule has 7 N–H and O–H groups in total. The summed E-state index contributed by atoms with van der Waals surface area (Å²) in [4.78, 5) is 7.17. The second-order valence-electron chi connectivity index (χ2n) is 5.09. The zero-order valence-electron chi connectivity index (χ0n) is 13.2. The van der Waals surface area contributed by atoms with Gasteiger partial charge >= 0.3 is 6.18 Å². The molecule has 0 fully saturated rings. The standard InChI is InChI=1S/C16H14F4N6/c17-8-5-6-12(21)10(7-8)14(23)26-15(24)25-13(22)9-3-1-2-4-11(9)16(18,19)20/h1-7H,21H2,(H5,22,23,24,25,26). The second-order valence-corrected chi connectivity index (χ2v) is 5.09. The maximum absolute atomic E-state index is 13.2. The highest BCUT2D eigenvalue weighted by atomic mass is 19.4. The first-order chi connectivity index (χ1) is 12.1. The molecule has 0 atom stereocenters. The van der Waals surface area contributed by atoms with Crippen molar-refractivity contribution in [2.75, 3.05) is 5.73 Å². The summed E-state index contributed by atoms with van der Waals surface area (Å²) in [5, 5.41) is 7.78. The number of anilines is 1. The van der Waals surface area contributed by atoms with Crippen LogP contribution in [-0.4, -0.2) is 17.6 Å². The molecule has 0 bridgehead atoms. The lowest BCUT2D eigenvalue weighted by atomic mass is 10.1. The maximum atomic E-state index is 13.2. The Morgan fingerprint density at radius 2 is 1.62 bits per heavy atom. The van der Waals surface area contributed by atoms with Crippen LogP contribution in [0.15, 0.2) is 52.4 Å². The molecule has 2 rings (SSSR count). The minimum atomic E-state index is -4.63. The van der Waals surface area contributed by atoms with E-state index in [4.69, 9.17) is 22.6 Å². The summed E-state index contributed by atoms with van der Waals surface area (Å²) < 4.78 is 52.3. The number of halogens is 4. The van der Waals surface area contributed by atoms with Gasteiger partial charge in [-0.05, 0) is 24.3 Å². The van der Waals surface area contributed by atoms with Crippen molar-refractivity contribution in [1.29, 1.82) is 5.41 Å². The van der Waals surface area contributed by atoms with E-state index in [-0.39, 0.29) is 16.8 Å². The fraction of sp³-hybridized carbons (Fsp3) is 0.0625. The summed E-state index contributed by atoms with van der Waals surface area (Å²) in [6.45, 7) is 0. The van der Waals surface area contributed by atoms with Gasteiger partial charge in [-0.1, -0.05) is 18.2 Å². The molecule has 26 heavy (non-hydrogen) atoms. The molecule has 0 aliphatic heterocycles. The maximum Gasteiger partial charge on any atom is 0.417 e. The first-order valence-corrected chi connectivity index (χ1v) is 7.08. The number of amidine groups is 2. The van der Waals surface area contributed by atoms with Crippen molar-refractivity contribution in [2.45, 2.75) is 6.18 Å². The zero-order chi connectivity index (χ0) is 19.5. The van der Waals surface area contributed by atoms with Crippen LogP contribution in [-0.2, 0) is 6.18 Å². The zero-order valence-corrected chi connectivity index (χ0v) is 13.2. The van der Waals surface area contributed by atoms with E-state index in [2.05, 4.69) is 9.98 Å². The molecule has 0 aliphatic rings. The van der Waals surface area contributed by atoms with Crippen LogP contribution in [0.4, 0.5) is 23.2 Å². The Balaban J connectivity index is 2.36. The predicted octanol–water partition coefficient (Wildman–Crippen LogP) is 2.47. The summed E-state index contributed by atoms with van der Waals surface area (Å²) in [5.74, 6) is -2.26. The number of aliphatic imine (C=N–C) groups is 2. The molecular weight excluding hydrogens is 352 g/mol. The van der Waals surface area contributed by atoms with Gasteiger partial charge in [-0.3, -0.25) is 5.41 Å². The lowest BCUT2D eigenvalue weighted by Crippen LogP contribution is -2.24. The van der Waals surface area contributed by atoms with Crippen LogP contribution in [0, 0.1) is 11.2 Å². The topological polar surface area (TPSA) is 127 Å². The Morgan fingerprint density at radius 3 is 2.27 bits per heavy atom. The van der Waals surface area contributed by atoms with Crippen LogP contribution in [0.1, 0.15) is 16.7 Å². The minimum Gasteiger partial charge on any atom is -0.398 e. The monoisotopic (exact) mass is 366 g/mol. The quantitative estimate of drug-likeness (QED) is 0.282. The summed E-state index contributed by atoms with van der Waals surface area (Å²) in [5.41, 5.74) is 15.4. The average Bonchev–Trinajstić information content (AvgIpc) is 2.56. The van der Waals surface area contributed by atoms with E-state index in [1.54, 1.807) is 0 Å². The van der Waals surface area contributed by atoms with E-state index in [0.29, 0.717) is 0 Å². The van der Waals surface area contributed by atoms with Gasteiger partial charge in [0.1, 0.15) is 11.7 Å². The Kier molecular flexibility index (Phi) is 5.24. The molecule has 0 radical (unpaired) electrons. The second kappa shape index (κ2) is 7.21. The van der Waals surface area contributed by atoms with Crippen molar-refractivity contribution >= 4 is 23.3 Å². The number of nitrogen functional groups attached to an aromatic ring is 1. The van der Waals surface area contributed by atoms with Gasteiger partial charge in [0.25, 0.3) is 0 Å². The molecule has 6 nitrogen and oxygen atoms in total. The summed E-state index contributed by atoms with van der Waals surface area (Å²) in [6, 6.07) is 7.85. The van der Waals surface area contributed by atoms with E-state index in [9.17, 15) is 17.6 Å². The molecule has 10 heteroatoms. The van der Waals surface area contributed by atoms with Crippen molar-refractivity contribution < 1.29 is 17.6 Å². The highest BCUT2D eigenvalue weighted by Crippen LogP contribution is 2.31. The van der Waals surface area contributed by atoms with Gasteiger partial charge in [0.05, 0.1) is 5.56 Å². The normalized spacial score (nSPS) is 12.9. The van der Waals surface area contributed by atoms with Crippen molar-refractivity contribution in [3.05, 3.63) is 65.0 Å². The molecule has 2 aromatic carbocycles. The Hall–Kier alpha value is -3.43. The first kappa shape index (κ1) is 18.9. The van der Waals surface area contributed by atoms with Crippen LogP contribution in [0.3, 0.4) is 0 Å². The summed E-state index contributed by atoms with van der Waals surface area (Å²) in [6.07, 6.45) is -4.63. The largest absolute Gasteiger partial charge is 0.417 e. The van der Waals surface area contributed by atoms with Crippen LogP contribution >= 0.6 is 0 Å². The minimum absolute atomic E-state index is 0.0441. The molecule has 0 spiro atoms. The Bertz CT molecular complexity index is 902. The van der Waals surface area contributed by atoms with Gasteiger partial charge in [0, 0.05) is 16.8 Å². The number of nitrogens with two attached hydrogens (primary N) is 3. The van der Waals surface area contributed by atoms with Crippen LogP contribution in [0.25, 0.3) is 0 Å². The third-order valence-electron chi connectivity index (χ3n) is 3.24. The lowest BCUT2D eigenvalue weighted by Gasteiger charge is -2.11. The fourth-order valence-corrected chi connectivity index (χ4v) is 2.07. The number of hydrogen-bond donors (Lipinski definition) is 4. The first-order valence-electron chi connectivity index (χ1n) is 7.08. The molecule has 0 unspecified atom stereocenters. The smallest absolute Gasteiger partial charge is 0.398 e. The predicted molar refractivity (Wildman–Crippen MR) is 91.4 cm³/mol.